The van der Waals surface area contributed by atoms with Crippen molar-refractivity contribution in [2.75, 3.05) is 33.4 Å². The number of nitrogens with zero attached hydrogens (tertiary/aromatic N) is 1. The summed E-state index contributed by atoms with van der Waals surface area (Å²) in [4.78, 5) is 28.7. The van der Waals surface area contributed by atoms with Gasteiger partial charge in [0.1, 0.15) is 0 Å². The zero-order chi connectivity index (χ0) is 17.6. The maximum atomic E-state index is 12.3. The number of hydrogen-bond donors (Lipinski definition) is 2. The predicted molar refractivity (Wildman–Crippen MR) is 99.2 cm³/mol. The van der Waals surface area contributed by atoms with Crippen molar-refractivity contribution in [2.45, 2.75) is 12.5 Å². The summed E-state index contributed by atoms with van der Waals surface area (Å²) in [6.45, 7) is 1.77. The van der Waals surface area contributed by atoms with Gasteiger partial charge in [-0.15, -0.1) is 22.7 Å². The first kappa shape index (κ1) is 18.1. The number of imide groups is 1. The molecule has 25 heavy (non-hydrogen) atoms. The van der Waals surface area contributed by atoms with E-state index in [-0.39, 0.29) is 18.5 Å². The van der Waals surface area contributed by atoms with Crippen LogP contribution >= 0.6 is 22.7 Å². The molecule has 3 rings (SSSR count). The number of urea groups is 1. The van der Waals surface area contributed by atoms with Gasteiger partial charge in [0.2, 0.25) is 5.91 Å². The Kier molecular flexibility index (Phi) is 6.19. The normalized spacial score (nSPS) is 17.1. The first-order valence-electron chi connectivity index (χ1n) is 8.09. The summed E-state index contributed by atoms with van der Waals surface area (Å²) in [5.41, 5.74) is 1.27. The summed E-state index contributed by atoms with van der Waals surface area (Å²) in [6, 6.07) is 5.87. The molecular weight excluding hydrogens is 358 g/mol. The van der Waals surface area contributed by atoms with Crippen LogP contribution in [0, 0.1) is 0 Å². The molecule has 1 aliphatic rings. The van der Waals surface area contributed by atoms with Crippen molar-refractivity contribution >= 4 is 34.6 Å². The van der Waals surface area contributed by atoms with Crippen molar-refractivity contribution in [2.24, 2.45) is 0 Å². The molecule has 0 saturated carbocycles. The number of amides is 3. The minimum Gasteiger partial charge on any atom is -0.383 e. The standard InChI is InChI=1S/C17H21N3O3S2/c1-23-8-6-18-17(22)19-15(21)11-20-7-4-13-12(5-10-25-13)16(20)14-3-2-9-24-14/h2-3,5,9-10,16H,4,6-8,11H2,1H3,(H2,18,19,21,22). The van der Waals surface area contributed by atoms with Gasteiger partial charge in [0.05, 0.1) is 19.2 Å². The van der Waals surface area contributed by atoms with Crippen LogP contribution in [0.15, 0.2) is 29.0 Å². The minimum atomic E-state index is -0.483. The van der Waals surface area contributed by atoms with Crippen molar-refractivity contribution < 1.29 is 14.3 Å². The van der Waals surface area contributed by atoms with Gasteiger partial charge in [-0.1, -0.05) is 6.07 Å². The average Bonchev–Trinajstić information content (AvgIpc) is 3.26. The van der Waals surface area contributed by atoms with E-state index >= 15 is 0 Å². The molecular formula is C17H21N3O3S2. The van der Waals surface area contributed by atoms with Gasteiger partial charge in [-0.2, -0.15) is 0 Å². The number of nitrogens with one attached hydrogen (secondary N) is 2. The van der Waals surface area contributed by atoms with Crippen LogP contribution in [-0.2, 0) is 16.0 Å². The van der Waals surface area contributed by atoms with Gasteiger partial charge in [0.15, 0.2) is 0 Å². The van der Waals surface area contributed by atoms with Gasteiger partial charge in [-0.3, -0.25) is 15.0 Å². The molecule has 134 valence electrons. The minimum absolute atomic E-state index is 0.0808. The van der Waals surface area contributed by atoms with E-state index in [0.29, 0.717) is 13.2 Å². The Balaban J connectivity index is 1.65. The van der Waals surface area contributed by atoms with E-state index in [4.69, 9.17) is 4.74 Å². The molecule has 8 heteroatoms. The Bertz CT molecular complexity index is 715. The molecule has 0 fully saturated rings. The molecule has 1 atom stereocenters. The number of rotatable bonds is 6. The quantitative estimate of drug-likeness (QED) is 0.755. The summed E-state index contributed by atoms with van der Waals surface area (Å²) in [5, 5.41) is 9.14. The van der Waals surface area contributed by atoms with E-state index in [1.165, 1.54) is 15.3 Å². The van der Waals surface area contributed by atoms with E-state index in [9.17, 15) is 9.59 Å². The van der Waals surface area contributed by atoms with Gasteiger partial charge in [0.25, 0.3) is 0 Å². The molecule has 2 aromatic rings. The third kappa shape index (κ3) is 4.46. The molecule has 3 heterocycles. The van der Waals surface area contributed by atoms with Crippen LogP contribution in [0.5, 0.6) is 0 Å². The number of ether oxygens (including phenoxy) is 1. The van der Waals surface area contributed by atoms with Crippen LogP contribution in [0.1, 0.15) is 21.4 Å². The SMILES string of the molecule is COCCNC(=O)NC(=O)CN1CCc2sccc2C1c1cccs1. The lowest BCUT2D eigenvalue weighted by Crippen LogP contribution is -2.47. The molecule has 0 spiro atoms. The molecule has 0 radical (unpaired) electrons. The largest absolute Gasteiger partial charge is 0.383 e. The van der Waals surface area contributed by atoms with Crippen molar-refractivity contribution in [1.29, 1.82) is 0 Å². The van der Waals surface area contributed by atoms with Crippen molar-refractivity contribution in [3.63, 3.8) is 0 Å². The predicted octanol–water partition coefficient (Wildman–Crippen LogP) is 2.23. The van der Waals surface area contributed by atoms with Crippen LogP contribution in [0.4, 0.5) is 4.79 Å². The van der Waals surface area contributed by atoms with E-state index < -0.39 is 6.03 Å². The Morgan fingerprint density at radius 2 is 2.20 bits per heavy atom. The highest BCUT2D eigenvalue weighted by molar-refractivity contribution is 7.10. The molecule has 0 aliphatic carbocycles. The Morgan fingerprint density at radius 1 is 1.32 bits per heavy atom. The highest BCUT2D eigenvalue weighted by Crippen LogP contribution is 2.39. The lowest BCUT2D eigenvalue weighted by Gasteiger charge is -2.34. The molecule has 0 saturated heterocycles. The average molecular weight is 380 g/mol. The zero-order valence-corrected chi connectivity index (χ0v) is 15.6. The van der Waals surface area contributed by atoms with Crippen LogP contribution in [0.3, 0.4) is 0 Å². The van der Waals surface area contributed by atoms with Gasteiger partial charge < -0.3 is 10.1 Å². The number of carbonyl (C=O) groups is 2. The molecule has 1 unspecified atom stereocenters. The molecule has 0 bridgehead atoms. The molecule has 0 aromatic carbocycles. The van der Waals surface area contributed by atoms with Crippen LogP contribution in [0.2, 0.25) is 0 Å². The monoisotopic (exact) mass is 379 g/mol. The molecule has 2 N–H and O–H groups in total. The van der Waals surface area contributed by atoms with Crippen molar-refractivity contribution in [1.82, 2.24) is 15.5 Å². The smallest absolute Gasteiger partial charge is 0.321 e. The highest BCUT2D eigenvalue weighted by Gasteiger charge is 2.31. The topological polar surface area (TPSA) is 70.7 Å². The number of methoxy groups -OCH3 is 1. The molecule has 6 nitrogen and oxygen atoms in total. The second kappa shape index (κ2) is 8.57. The number of fused-ring (bicyclic) bond motifs is 1. The maximum absolute atomic E-state index is 12.3. The van der Waals surface area contributed by atoms with E-state index in [2.05, 4.69) is 38.4 Å². The molecule has 1 aliphatic heterocycles. The molecule has 2 aromatic heterocycles. The lowest BCUT2D eigenvalue weighted by atomic mass is 9.98. The van der Waals surface area contributed by atoms with Crippen LogP contribution in [-0.4, -0.2) is 50.2 Å². The Morgan fingerprint density at radius 3 is 2.96 bits per heavy atom. The number of carbonyl (C=O) groups excluding carboxylic acids is 2. The van der Waals surface area contributed by atoms with Crippen LogP contribution < -0.4 is 10.6 Å². The van der Waals surface area contributed by atoms with E-state index in [1.54, 1.807) is 29.8 Å². The lowest BCUT2D eigenvalue weighted by molar-refractivity contribution is -0.121. The first-order chi connectivity index (χ1) is 12.2. The Hall–Kier alpha value is -1.74. The fourth-order valence-corrected chi connectivity index (χ4v) is 4.76. The summed E-state index contributed by atoms with van der Waals surface area (Å²) in [6.07, 6.45) is 0.933. The second-order valence-electron chi connectivity index (χ2n) is 5.73. The Labute approximate surface area is 154 Å². The summed E-state index contributed by atoms with van der Waals surface area (Å²) in [7, 11) is 1.56. The maximum Gasteiger partial charge on any atom is 0.321 e. The van der Waals surface area contributed by atoms with Gasteiger partial charge in [0, 0.05) is 30.0 Å². The zero-order valence-electron chi connectivity index (χ0n) is 14.0. The fraction of sp³-hybridized carbons (Fsp3) is 0.412. The van der Waals surface area contributed by atoms with Gasteiger partial charge in [-0.25, -0.2) is 4.79 Å². The molecule has 3 amide bonds. The van der Waals surface area contributed by atoms with Crippen molar-refractivity contribution in [3.8, 4) is 0 Å². The first-order valence-corrected chi connectivity index (χ1v) is 9.85. The van der Waals surface area contributed by atoms with E-state index in [0.717, 1.165) is 13.0 Å². The van der Waals surface area contributed by atoms with Crippen molar-refractivity contribution in [3.05, 3.63) is 44.3 Å². The number of thiophene rings is 2. The third-order valence-corrected chi connectivity index (χ3v) is 5.99. The summed E-state index contributed by atoms with van der Waals surface area (Å²) < 4.78 is 4.87. The van der Waals surface area contributed by atoms with Gasteiger partial charge >= 0.3 is 6.03 Å². The number of hydrogen-bond acceptors (Lipinski definition) is 6. The van der Waals surface area contributed by atoms with E-state index in [1.807, 2.05) is 6.07 Å². The fourth-order valence-electron chi connectivity index (χ4n) is 2.98. The van der Waals surface area contributed by atoms with Gasteiger partial charge in [-0.05, 0) is 34.9 Å². The summed E-state index contributed by atoms with van der Waals surface area (Å²) >= 11 is 3.46. The third-order valence-electron chi connectivity index (χ3n) is 4.07. The summed E-state index contributed by atoms with van der Waals surface area (Å²) in [5.74, 6) is -0.296. The highest BCUT2D eigenvalue weighted by atomic mass is 32.1. The van der Waals surface area contributed by atoms with Crippen LogP contribution in [0.25, 0.3) is 0 Å². The second-order valence-corrected chi connectivity index (χ2v) is 7.71.